The van der Waals surface area contributed by atoms with Crippen LogP contribution >= 0.6 is 11.6 Å². The SMILES string of the molecule is CC(C)CC(=O)N1CCCC(CCl)C1. The largest absolute Gasteiger partial charge is 0.342 e. The summed E-state index contributed by atoms with van der Waals surface area (Å²) in [6, 6.07) is 0. The third kappa shape index (κ3) is 3.49. The van der Waals surface area contributed by atoms with Gasteiger partial charge in [0, 0.05) is 25.4 Å². The fourth-order valence-electron chi connectivity index (χ4n) is 1.90. The predicted octanol–water partition coefficient (Wildman–Crippen LogP) is 2.51. The Labute approximate surface area is 91.6 Å². The fraction of sp³-hybridized carbons (Fsp3) is 0.909. The van der Waals surface area contributed by atoms with Gasteiger partial charge in [0.25, 0.3) is 0 Å². The molecule has 0 bridgehead atoms. The standard InChI is InChI=1S/C11H20ClNO/c1-9(2)6-11(14)13-5-3-4-10(7-12)8-13/h9-10H,3-8H2,1-2H3. The number of likely N-dealkylation sites (tertiary alicyclic amines) is 1. The first-order valence-electron chi connectivity index (χ1n) is 5.47. The summed E-state index contributed by atoms with van der Waals surface area (Å²) in [5.74, 6) is 1.96. The molecule has 0 spiro atoms. The Morgan fingerprint density at radius 2 is 2.29 bits per heavy atom. The maximum Gasteiger partial charge on any atom is 0.222 e. The number of carbonyl (C=O) groups is 1. The van der Waals surface area contributed by atoms with Crippen molar-refractivity contribution in [3.63, 3.8) is 0 Å². The summed E-state index contributed by atoms with van der Waals surface area (Å²) in [4.78, 5) is 13.7. The second kappa shape index (κ2) is 5.59. The lowest BCUT2D eigenvalue weighted by Crippen LogP contribution is -2.40. The van der Waals surface area contributed by atoms with E-state index in [4.69, 9.17) is 11.6 Å². The van der Waals surface area contributed by atoms with E-state index in [2.05, 4.69) is 13.8 Å². The van der Waals surface area contributed by atoms with Crippen molar-refractivity contribution in [3.05, 3.63) is 0 Å². The molecule has 1 saturated heterocycles. The molecule has 0 saturated carbocycles. The minimum absolute atomic E-state index is 0.301. The van der Waals surface area contributed by atoms with Crippen LogP contribution in [-0.4, -0.2) is 29.8 Å². The molecule has 0 aromatic rings. The zero-order valence-electron chi connectivity index (χ0n) is 9.13. The van der Waals surface area contributed by atoms with Crippen molar-refractivity contribution in [2.45, 2.75) is 33.1 Å². The average molecular weight is 218 g/mol. The van der Waals surface area contributed by atoms with Gasteiger partial charge in [-0.15, -0.1) is 11.6 Å². The van der Waals surface area contributed by atoms with Gasteiger partial charge in [-0.25, -0.2) is 0 Å². The van der Waals surface area contributed by atoms with Crippen molar-refractivity contribution >= 4 is 17.5 Å². The first-order valence-corrected chi connectivity index (χ1v) is 6.00. The van der Waals surface area contributed by atoms with Crippen LogP contribution in [0.15, 0.2) is 0 Å². The van der Waals surface area contributed by atoms with Crippen LogP contribution in [0.2, 0.25) is 0 Å². The summed E-state index contributed by atoms with van der Waals surface area (Å²) < 4.78 is 0. The highest BCUT2D eigenvalue weighted by Gasteiger charge is 2.22. The molecule has 1 heterocycles. The van der Waals surface area contributed by atoms with Crippen LogP contribution in [0.3, 0.4) is 0 Å². The summed E-state index contributed by atoms with van der Waals surface area (Å²) in [6.45, 7) is 5.97. The summed E-state index contributed by atoms with van der Waals surface area (Å²) in [5, 5.41) is 0. The summed E-state index contributed by atoms with van der Waals surface area (Å²) in [5.41, 5.74) is 0. The number of amides is 1. The molecule has 0 N–H and O–H groups in total. The number of hydrogen-bond acceptors (Lipinski definition) is 1. The number of carbonyl (C=O) groups excluding carboxylic acids is 1. The van der Waals surface area contributed by atoms with Crippen LogP contribution in [0.1, 0.15) is 33.1 Å². The van der Waals surface area contributed by atoms with Gasteiger partial charge in [-0.1, -0.05) is 13.8 Å². The molecule has 1 aliphatic rings. The number of rotatable bonds is 3. The van der Waals surface area contributed by atoms with Gasteiger partial charge in [-0.2, -0.15) is 0 Å². The van der Waals surface area contributed by atoms with E-state index in [0.29, 0.717) is 30.0 Å². The maximum atomic E-state index is 11.8. The van der Waals surface area contributed by atoms with E-state index in [9.17, 15) is 4.79 Å². The number of hydrogen-bond donors (Lipinski definition) is 0. The second-order valence-electron chi connectivity index (χ2n) is 4.60. The minimum atomic E-state index is 0.301. The lowest BCUT2D eigenvalue weighted by Gasteiger charge is -2.32. The van der Waals surface area contributed by atoms with Crippen molar-refractivity contribution in [2.75, 3.05) is 19.0 Å². The van der Waals surface area contributed by atoms with E-state index in [1.54, 1.807) is 0 Å². The van der Waals surface area contributed by atoms with Gasteiger partial charge in [0.05, 0.1) is 0 Å². The molecule has 14 heavy (non-hydrogen) atoms. The molecule has 82 valence electrons. The van der Waals surface area contributed by atoms with Crippen molar-refractivity contribution in [1.29, 1.82) is 0 Å². The molecule has 1 unspecified atom stereocenters. The Morgan fingerprint density at radius 3 is 2.86 bits per heavy atom. The van der Waals surface area contributed by atoms with Gasteiger partial charge in [-0.05, 0) is 24.7 Å². The Morgan fingerprint density at radius 1 is 1.57 bits per heavy atom. The van der Waals surface area contributed by atoms with Crippen molar-refractivity contribution in [2.24, 2.45) is 11.8 Å². The highest BCUT2D eigenvalue weighted by Crippen LogP contribution is 2.19. The highest BCUT2D eigenvalue weighted by molar-refractivity contribution is 6.18. The quantitative estimate of drug-likeness (QED) is 0.666. The molecule has 0 aromatic carbocycles. The zero-order valence-corrected chi connectivity index (χ0v) is 9.89. The van der Waals surface area contributed by atoms with Crippen LogP contribution in [-0.2, 0) is 4.79 Å². The minimum Gasteiger partial charge on any atom is -0.342 e. The van der Waals surface area contributed by atoms with E-state index < -0.39 is 0 Å². The van der Waals surface area contributed by atoms with Gasteiger partial charge in [0.1, 0.15) is 0 Å². The molecular formula is C11H20ClNO. The third-order valence-corrected chi connectivity index (χ3v) is 3.11. The highest BCUT2D eigenvalue weighted by atomic mass is 35.5. The van der Waals surface area contributed by atoms with Gasteiger partial charge in [-0.3, -0.25) is 4.79 Å². The van der Waals surface area contributed by atoms with E-state index in [-0.39, 0.29) is 0 Å². The summed E-state index contributed by atoms with van der Waals surface area (Å²) in [6.07, 6.45) is 2.96. The average Bonchev–Trinajstić information content (AvgIpc) is 2.17. The van der Waals surface area contributed by atoms with Crippen molar-refractivity contribution < 1.29 is 4.79 Å². The Kier molecular flexibility index (Phi) is 4.73. The van der Waals surface area contributed by atoms with Crippen LogP contribution in [0.25, 0.3) is 0 Å². The van der Waals surface area contributed by atoms with Gasteiger partial charge in [0.2, 0.25) is 5.91 Å². The van der Waals surface area contributed by atoms with Crippen LogP contribution in [0, 0.1) is 11.8 Å². The molecule has 3 heteroatoms. The smallest absolute Gasteiger partial charge is 0.222 e. The first kappa shape index (κ1) is 11.8. The van der Waals surface area contributed by atoms with Gasteiger partial charge < -0.3 is 4.90 Å². The van der Waals surface area contributed by atoms with Crippen LogP contribution in [0.4, 0.5) is 0 Å². The summed E-state index contributed by atoms with van der Waals surface area (Å²) >= 11 is 5.82. The molecule has 0 aliphatic carbocycles. The van der Waals surface area contributed by atoms with Crippen molar-refractivity contribution in [3.8, 4) is 0 Å². The van der Waals surface area contributed by atoms with E-state index >= 15 is 0 Å². The molecular weight excluding hydrogens is 198 g/mol. The Balaban J connectivity index is 2.39. The molecule has 1 amide bonds. The topological polar surface area (TPSA) is 20.3 Å². The van der Waals surface area contributed by atoms with E-state index in [0.717, 1.165) is 19.5 Å². The second-order valence-corrected chi connectivity index (χ2v) is 4.91. The predicted molar refractivity (Wildman–Crippen MR) is 59.5 cm³/mol. The molecule has 0 aromatic heterocycles. The molecule has 1 fully saturated rings. The Hall–Kier alpha value is -0.240. The van der Waals surface area contributed by atoms with Crippen LogP contribution < -0.4 is 0 Å². The molecule has 2 nitrogen and oxygen atoms in total. The normalized spacial score (nSPS) is 22.9. The summed E-state index contributed by atoms with van der Waals surface area (Å²) in [7, 11) is 0. The number of piperidine rings is 1. The maximum absolute atomic E-state index is 11.8. The number of alkyl halides is 1. The number of nitrogens with zero attached hydrogens (tertiary/aromatic N) is 1. The molecule has 0 radical (unpaired) electrons. The zero-order chi connectivity index (χ0) is 10.6. The van der Waals surface area contributed by atoms with Crippen LogP contribution in [0.5, 0.6) is 0 Å². The molecule has 1 atom stereocenters. The Bertz CT molecular complexity index is 194. The first-order chi connectivity index (χ1) is 6.63. The van der Waals surface area contributed by atoms with Gasteiger partial charge >= 0.3 is 0 Å². The number of halogens is 1. The van der Waals surface area contributed by atoms with Crippen molar-refractivity contribution in [1.82, 2.24) is 4.90 Å². The van der Waals surface area contributed by atoms with E-state index in [1.807, 2.05) is 4.90 Å². The molecule has 1 rings (SSSR count). The lowest BCUT2D eigenvalue weighted by molar-refractivity contribution is -0.133. The fourth-order valence-corrected chi connectivity index (χ4v) is 2.15. The lowest BCUT2D eigenvalue weighted by atomic mass is 9.99. The van der Waals surface area contributed by atoms with Gasteiger partial charge in [0.15, 0.2) is 0 Å². The molecule has 1 aliphatic heterocycles. The monoisotopic (exact) mass is 217 g/mol. The third-order valence-electron chi connectivity index (χ3n) is 2.67. The van der Waals surface area contributed by atoms with E-state index in [1.165, 1.54) is 6.42 Å².